The molecule has 1 aromatic heterocycles. The molecule has 2 fully saturated rings. The second kappa shape index (κ2) is 6.52. The van der Waals surface area contributed by atoms with Crippen LogP contribution in [0.3, 0.4) is 0 Å². The fraction of sp³-hybridized carbons (Fsp3) is 0.353. The molecule has 8 heteroatoms. The second-order valence-corrected chi connectivity index (χ2v) is 9.25. The largest absolute Gasteiger partial charge is 0.309 e. The maximum absolute atomic E-state index is 12.8. The number of hydrogen-bond donors (Lipinski definition) is 1. The number of pyridine rings is 1. The third-order valence-electron chi connectivity index (χ3n) is 5.06. The molecule has 1 aromatic carbocycles. The molecule has 0 radical (unpaired) electrons. The summed E-state index contributed by atoms with van der Waals surface area (Å²) in [5, 5.41) is 4.53. The van der Waals surface area contributed by atoms with Crippen molar-refractivity contribution < 1.29 is 8.42 Å². The number of nitrogens with zero attached hydrogens (tertiary/aromatic N) is 2. The van der Waals surface area contributed by atoms with Gasteiger partial charge in [-0.05, 0) is 41.7 Å². The molecule has 132 valence electrons. The summed E-state index contributed by atoms with van der Waals surface area (Å²) in [7, 11) is -3.51. The summed E-state index contributed by atoms with van der Waals surface area (Å²) in [6.45, 7) is 1.79. The van der Waals surface area contributed by atoms with Crippen LogP contribution < -0.4 is 5.32 Å². The van der Waals surface area contributed by atoms with Crippen LogP contribution in [-0.2, 0) is 10.0 Å². The first-order valence-electron chi connectivity index (χ1n) is 8.05. The van der Waals surface area contributed by atoms with Crippen LogP contribution in [0.2, 0.25) is 10.0 Å². The van der Waals surface area contributed by atoms with Crippen molar-refractivity contribution in [2.45, 2.75) is 10.9 Å². The fourth-order valence-corrected chi connectivity index (χ4v) is 5.60. The molecule has 0 spiro atoms. The lowest BCUT2D eigenvalue weighted by Gasteiger charge is -2.21. The first-order valence-corrected chi connectivity index (χ1v) is 10.2. The fourth-order valence-electron chi connectivity index (χ4n) is 3.79. The van der Waals surface area contributed by atoms with Gasteiger partial charge >= 0.3 is 0 Å². The number of rotatable bonds is 3. The Morgan fingerprint density at radius 2 is 2.00 bits per heavy atom. The van der Waals surface area contributed by atoms with Gasteiger partial charge in [0.1, 0.15) is 4.90 Å². The topological polar surface area (TPSA) is 62.3 Å². The smallest absolute Gasteiger partial charge is 0.244 e. The molecular formula is C17H17Cl2N3O2S. The zero-order valence-electron chi connectivity index (χ0n) is 13.3. The van der Waals surface area contributed by atoms with Crippen molar-refractivity contribution in [1.29, 1.82) is 0 Å². The minimum absolute atomic E-state index is 0.0777. The summed E-state index contributed by atoms with van der Waals surface area (Å²) in [6, 6.07) is 8.91. The first-order chi connectivity index (χ1) is 12.0. The number of fused-ring (bicyclic) bond motifs is 1. The van der Waals surface area contributed by atoms with E-state index in [0.717, 1.165) is 12.1 Å². The Morgan fingerprint density at radius 3 is 2.72 bits per heavy atom. The average molecular weight is 398 g/mol. The van der Waals surface area contributed by atoms with Crippen molar-refractivity contribution in [1.82, 2.24) is 14.6 Å². The molecule has 4 rings (SSSR count). The van der Waals surface area contributed by atoms with Crippen LogP contribution in [0.25, 0.3) is 0 Å². The second-order valence-electron chi connectivity index (χ2n) is 6.49. The van der Waals surface area contributed by atoms with Crippen molar-refractivity contribution >= 4 is 33.2 Å². The van der Waals surface area contributed by atoms with Gasteiger partial charge in [0.05, 0.1) is 10.0 Å². The van der Waals surface area contributed by atoms with Gasteiger partial charge in [0.2, 0.25) is 10.0 Å². The highest BCUT2D eigenvalue weighted by atomic mass is 35.5. The SMILES string of the molecule is O=S(=O)(c1cccnc1)N1CC2CNC(c3ccc(Cl)c(Cl)c3)C2C1. The quantitative estimate of drug-likeness (QED) is 0.864. The van der Waals surface area contributed by atoms with Crippen molar-refractivity contribution in [3.8, 4) is 0 Å². The highest BCUT2D eigenvalue weighted by molar-refractivity contribution is 7.89. The van der Waals surface area contributed by atoms with E-state index in [-0.39, 0.29) is 22.8 Å². The molecule has 3 unspecified atom stereocenters. The molecule has 2 aliphatic heterocycles. The molecule has 2 aliphatic rings. The van der Waals surface area contributed by atoms with Crippen LogP contribution >= 0.6 is 23.2 Å². The minimum atomic E-state index is -3.51. The van der Waals surface area contributed by atoms with Gasteiger partial charge in [-0.1, -0.05) is 29.3 Å². The van der Waals surface area contributed by atoms with Gasteiger partial charge in [0, 0.05) is 38.1 Å². The van der Waals surface area contributed by atoms with E-state index < -0.39 is 10.0 Å². The molecule has 1 N–H and O–H groups in total. The molecule has 2 aromatic rings. The van der Waals surface area contributed by atoms with Gasteiger partial charge in [-0.3, -0.25) is 4.98 Å². The number of halogens is 2. The number of benzene rings is 1. The van der Waals surface area contributed by atoms with E-state index in [2.05, 4.69) is 10.3 Å². The zero-order chi connectivity index (χ0) is 17.6. The molecule has 2 saturated heterocycles. The van der Waals surface area contributed by atoms with Crippen molar-refractivity contribution in [3.63, 3.8) is 0 Å². The van der Waals surface area contributed by atoms with Crippen LogP contribution in [0.1, 0.15) is 11.6 Å². The minimum Gasteiger partial charge on any atom is -0.309 e. The van der Waals surface area contributed by atoms with Crippen molar-refractivity contribution in [2.75, 3.05) is 19.6 Å². The van der Waals surface area contributed by atoms with Crippen molar-refractivity contribution in [3.05, 3.63) is 58.3 Å². The number of hydrogen-bond acceptors (Lipinski definition) is 4. The average Bonchev–Trinajstić information content (AvgIpc) is 3.19. The molecule has 3 heterocycles. The Labute approximate surface area is 157 Å². The normalized spacial score (nSPS) is 26.7. The number of nitrogens with one attached hydrogen (secondary N) is 1. The van der Waals surface area contributed by atoms with Crippen LogP contribution in [0, 0.1) is 11.8 Å². The Morgan fingerprint density at radius 1 is 1.16 bits per heavy atom. The number of sulfonamides is 1. The lowest BCUT2D eigenvalue weighted by atomic mass is 9.90. The third kappa shape index (κ3) is 3.06. The summed E-state index contributed by atoms with van der Waals surface area (Å²) in [5.41, 5.74) is 1.04. The molecule has 5 nitrogen and oxygen atoms in total. The van der Waals surface area contributed by atoms with Crippen LogP contribution in [0.5, 0.6) is 0 Å². The predicted octanol–water partition coefficient (Wildman–Crippen LogP) is 2.97. The molecule has 25 heavy (non-hydrogen) atoms. The third-order valence-corrected chi connectivity index (χ3v) is 7.62. The molecule has 0 bridgehead atoms. The monoisotopic (exact) mass is 397 g/mol. The van der Waals surface area contributed by atoms with Gasteiger partial charge in [-0.15, -0.1) is 0 Å². The Kier molecular flexibility index (Phi) is 4.50. The Bertz CT molecular complexity index is 892. The highest BCUT2D eigenvalue weighted by Crippen LogP contribution is 2.41. The Hall–Kier alpha value is -1.18. The van der Waals surface area contributed by atoms with E-state index in [1.54, 1.807) is 28.7 Å². The van der Waals surface area contributed by atoms with Crippen LogP contribution in [0.15, 0.2) is 47.6 Å². The first kappa shape index (κ1) is 17.2. The van der Waals surface area contributed by atoms with Gasteiger partial charge < -0.3 is 5.32 Å². The Balaban J connectivity index is 1.58. The van der Waals surface area contributed by atoms with Crippen molar-refractivity contribution in [2.24, 2.45) is 11.8 Å². The van der Waals surface area contributed by atoms with Gasteiger partial charge in [0.25, 0.3) is 0 Å². The molecule has 0 saturated carbocycles. The summed E-state index contributed by atoms with van der Waals surface area (Å²) in [6.07, 6.45) is 2.97. The molecule has 3 atom stereocenters. The number of aromatic nitrogens is 1. The summed E-state index contributed by atoms with van der Waals surface area (Å²) < 4.78 is 27.2. The standard InChI is InChI=1S/C17H17Cl2N3O2S/c18-15-4-3-11(6-16(15)19)17-14-10-22(9-12(14)7-21-17)25(23,24)13-2-1-5-20-8-13/h1-6,8,12,14,17,21H,7,9-10H2. The summed E-state index contributed by atoms with van der Waals surface area (Å²) >= 11 is 12.1. The van der Waals surface area contributed by atoms with E-state index in [1.165, 1.54) is 6.20 Å². The van der Waals surface area contributed by atoms with E-state index >= 15 is 0 Å². The van der Waals surface area contributed by atoms with Gasteiger partial charge in [-0.2, -0.15) is 4.31 Å². The molecule has 0 amide bonds. The van der Waals surface area contributed by atoms with Crippen LogP contribution in [-0.4, -0.2) is 37.3 Å². The lowest BCUT2D eigenvalue weighted by molar-refractivity contribution is 0.413. The van der Waals surface area contributed by atoms with E-state index in [0.29, 0.717) is 23.1 Å². The van der Waals surface area contributed by atoms with E-state index in [4.69, 9.17) is 23.2 Å². The predicted molar refractivity (Wildman–Crippen MR) is 97.2 cm³/mol. The highest BCUT2D eigenvalue weighted by Gasteiger charge is 2.46. The van der Waals surface area contributed by atoms with Crippen LogP contribution in [0.4, 0.5) is 0 Å². The van der Waals surface area contributed by atoms with E-state index in [1.807, 2.05) is 12.1 Å². The van der Waals surface area contributed by atoms with E-state index in [9.17, 15) is 8.42 Å². The molecule has 0 aliphatic carbocycles. The maximum atomic E-state index is 12.8. The lowest BCUT2D eigenvalue weighted by Crippen LogP contribution is -2.32. The van der Waals surface area contributed by atoms with Gasteiger partial charge in [0.15, 0.2) is 0 Å². The molecular weight excluding hydrogens is 381 g/mol. The summed E-state index contributed by atoms with van der Waals surface area (Å²) in [5.74, 6) is 0.495. The summed E-state index contributed by atoms with van der Waals surface area (Å²) in [4.78, 5) is 4.17. The van der Waals surface area contributed by atoms with Gasteiger partial charge in [-0.25, -0.2) is 8.42 Å². The zero-order valence-corrected chi connectivity index (χ0v) is 15.6. The maximum Gasteiger partial charge on any atom is 0.244 e.